The second-order valence-electron chi connectivity index (χ2n) is 3.05. The molecule has 0 spiro atoms. The zero-order valence-corrected chi connectivity index (χ0v) is 8.23. The van der Waals surface area contributed by atoms with Gasteiger partial charge in [-0.1, -0.05) is 6.08 Å². The summed E-state index contributed by atoms with van der Waals surface area (Å²) in [7, 11) is 0. The van der Waals surface area contributed by atoms with Gasteiger partial charge in [-0.05, 0) is 18.2 Å². The Kier molecular flexibility index (Phi) is 3.88. The van der Waals surface area contributed by atoms with Gasteiger partial charge in [0.1, 0.15) is 0 Å². The van der Waals surface area contributed by atoms with Crippen LogP contribution in [-0.4, -0.2) is 29.1 Å². The summed E-state index contributed by atoms with van der Waals surface area (Å²) in [5.41, 5.74) is 0.363. The summed E-state index contributed by atoms with van der Waals surface area (Å²) in [6.45, 7) is 4.24. The van der Waals surface area contributed by atoms with Gasteiger partial charge in [0.25, 0.3) is 0 Å². The highest BCUT2D eigenvalue weighted by atomic mass is 16.3. The summed E-state index contributed by atoms with van der Waals surface area (Å²) in [6.07, 6.45) is 1.65. The normalized spacial score (nSPS) is 9.87. The molecule has 0 atom stereocenters. The largest absolute Gasteiger partial charge is 0.504 e. The van der Waals surface area contributed by atoms with Crippen LogP contribution in [0.4, 0.5) is 0 Å². The number of Topliss-reactive ketones (excluding diaryl/α,β-unsaturated/α-hetero) is 1. The highest BCUT2D eigenvalue weighted by Crippen LogP contribution is 2.24. The molecular weight excluding hydrogens is 194 g/mol. The number of phenolic OH excluding ortho intramolecular Hbond substituents is 2. The van der Waals surface area contributed by atoms with E-state index in [1.807, 2.05) is 0 Å². The fraction of sp³-hybridized carbons (Fsp3) is 0.182. The number of ketones is 1. The number of rotatable bonds is 5. The molecule has 0 bridgehead atoms. The van der Waals surface area contributed by atoms with E-state index in [4.69, 9.17) is 5.11 Å². The van der Waals surface area contributed by atoms with Crippen LogP contribution in [0, 0.1) is 0 Å². The number of hydrogen-bond donors (Lipinski definition) is 3. The fourth-order valence-corrected chi connectivity index (χ4v) is 1.09. The third-order valence-electron chi connectivity index (χ3n) is 1.87. The van der Waals surface area contributed by atoms with Gasteiger partial charge in [0, 0.05) is 12.1 Å². The summed E-state index contributed by atoms with van der Waals surface area (Å²) < 4.78 is 0. The molecule has 0 amide bonds. The van der Waals surface area contributed by atoms with Crippen molar-refractivity contribution in [1.29, 1.82) is 0 Å². The Labute approximate surface area is 87.9 Å². The molecule has 0 aromatic heterocycles. The number of carbonyl (C=O) groups is 1. The molecule has 3 N–H and O–H groups in total. The minimum atomic E-state index is -0.287. The van der Waals surface area contributed by atoms with Crippen molar-refractivity contribution in [2.45, 2.75) is 0 Å². The van der Waals surface area contributed by atoms with Gasteiger partial charge in [-0.15, -0.1) is 6.58 Å². The van der Waals surface area contributed by atoms with Crippen LogP contribution in [0.5, 0.6) is 11.5 Å². The molecule has 0 aliphatic rings. The molecule has 0 saturated heterocycles. The summed E-state index contributed by atoms with van der Waals surface area (Å²) in [5, 5.41) is 21.1. The first kappa shape index (κ1) is 11.3. The third kappa shape index (κ3) is 3.11. The maximum Gasteiger partial charge on any atom is 0.176 e. The molecular formula is C11H13NO3. The van der Waals surface area contributed by atoms with Crippen LogP contribution in [-0.2, 0) is 0 Å². The van der Waals surface area contributed by atoms with Crippen molar-refractivity contribution in [1.82, 2.24) is 5.32 Å². The SMILES string of the molecule is C=CCNCC(=O)c1ccc(O)c(O)c1. The molecule has 0 heterocycles. The molecule has 1 aromatic carbocycles. The summed E-state index contributed by atoms with van der Waals surface area (Å²) >= 11 is 0. The van der Waals surface area contributed by atoms with E-state index in [-0.39, 0.29) is 23.8 Å². The molecule has 0 aliphatic carbocycles. The lowest BCUT2D eigenvalue weighted by Gasteiger charge is -2.03. The minimum Gasteiger partial charge on any atom is -0.504 e. The molecule has 0 unspecified atom stereocenters. The molecule has 4 nitrogen and oxygen atoms in total. The standard InChI is InChI=1S/C11H13NO3/c1-2-5-12-7-11(15)8-3-4-9(13)10(14)6-8/h2-4,6,12-14H,1,5,7H2. The summed E-state index contributed by atoms with van der Waals surface area (Å²) in [5.74, 6) is -0.665. The fourth-order valence-electron chi connectivity index (χ4n) is 1.09. The van der Waals surface area contributed by atoms with Gasteiger partial charge in [-0.25, -0.2) is 0 Å². The van der Waals surface area contributed by atoms with E-state index in [1.54, 1.807) is 6.08 Å². The van der Waals surface area contributed by atoms with E-state index < -0.39 is 0 Å². The lowest BCUT2D eigenvalue weighted by molar-refractivity contribution is 0.0992. The average molecular weight is 207 g/mol. The number of benzene rings is 1. The summed E-state index contributed by atoms with van der Waals surface area (Å²) in [4.78, 5) is 11.5. The second kappa shape index (κ2) is 5.17. The van der Waals surface area contributed by atoms with E-state index in [2.05, 4.69) is 11.9 Å². The molecule has 0 fully saturated rings. The Morgan fingerprint density at radius 3 is 2.73 bits per heavy atom. The maximum absolute atomic E-state index is 11.5. The van der Waals surface area contributed by atoms with Gasteiger partial charge in [0.05, 0.1) is 6.54 Å². The van der Waals surface area contributed by atoms with Crippen molar-refractivity contribution in [3.05, 3.63) is 36.4 Å². The second-order valence-corrected chi connectivity index (χ2v) is 3.05. The lowest BCUT2D eigenvalue weighted by atomic mass is 10.1. The highest BCUT2D eigenvalue weighted by Gasteiger charge is 2.07. The Balaban J connectivity index is 2.65. The number of phenols is 2. The highest BCUT2D eigenvalue weighted by molar-refractivity contribution is 5.98. The molecule has 0 saturated carbocycles. The molecule has 15 heavy (non-hydrogen) atoms. The Morgan fingerprint density at radius 1 is 1.40 bits per heavy atom. The van der Waals surface area contributed by atoms with Crippen molar-refractivity contribution in [3.63, 3.8) is 0 Å². The van der Waals surface area contributed by atoms with Crippen molar-refractivity contribution < 1.29 is 15.0 Å². The smallest absolute Gasteiger partial charge is 0.176 e. The van der Waals surface area contributed by atoms with Crippen LogP contribution in [0.3, 0.4) is 0 Å². The van der Waals surface area contributed by atoms with Gasteiger partial charge in [-0.2, -0.15) is 0 Å². The van der Waals surface area contributed by atoms with Gasteiger partial charge < -0.3 is 15.5 Å². The molecule has 0 aliphatic heterocycles. The first-order valence-corrected chi connectivity index (χ1v) is 4.52. The van der Waals surface area contributed by atoms with Crippen molar-refractivity contribution in [2.24, 2.45) is 0 Å². The predicted molar refractivity (Wildman–Crippen MR) is 57.2 cm³/mol. The molecule has 1 rings (SSSR count). The topological polar surface area (TPSA) is 69.6 Å². The Morgan fingerprint density at radius 2 is 2.13 bits per heavy atom. The van der Waals surface area contributed by atoms with Crippen molar-refractivity contribution in [2.75, 3.05) is 13.1 Å². The van der Waals surface area contributed by atoms with E-state index in [9.17, 15) is 9.90 Å². The van der Waals surface area contributed by atoms with Gasteiger partial charge in [0.15, 0.2) is 17.3 Å². The molecule has 0 radical (unpaired) electrons. The van der Waals surface area contributed by atoms with Gasteiger partial charge in [0.2, 0.25) is 0 Å². The number of nitrogens with one attached hydrogen (secondary N) is 1. The first-order chi connectivity index (χ1) is 7.15. The zero-order valence-electron chi connectivity index (χ0n) is 8.23. The quantitative estimate of drug-likeness (QED) is 0.292. The summed E-state index contributed by atoms with van der Waals surface area (Å²) in [6, 6.07) is 4.00. The van der Waals surface area contributed by atoms with E-state index in [0.717, 1.165) is 0 Å². The number of aromatic hydroxyl groups is 2. The van der Waals surface area contributed by atoms with E-state index >= 15 is 0 Å². The Hall–Kier alpha value is -1.81. The molecule has 1 aromatic rings. The van der Waals surface area contributed by atoms with Crippen molar-refractivity contribution >= 4 is 5.78 Å². The van der Waals surface area contributed by atoms with Crippen LogP contribution < -0.4 is 5.32 Å². The van der Waals surface area contributed by atoms with Crippen LogP contribution >= 0.6 is 0 Å². The van der Waals surface area contributed by atoms with Crippen LogP contribution in [0.1, 0.15) is 10.4 Å². The average Bonchev–Trinajstić information content (AvgIpc) is 2.22. The minimum absolute atomic E-state index is 0.146. The van der Waals surface area contributed by atoms with Crippen LogP contribution in [0.2, 0.25) is 0 Å². The van der Waals surface area contributed by atoms with Crippen LogP contribution in [0.25, 0.3) is 0 Å². The molecule has 4 heteroatoms. The number of hydrogen-bond acceptors (Lipinski definition) is 4. The lowest BCUT2D eigenvalue weighted by Crippen LogP contribution is -2.22. The van der Waals surface area contributed by atoms with Crippen molar-refractivity contribution in [3.8, 4) is 11.5 Å². The van der Waals surface area contributed by atoms with Crippen LogP contribution in [0.15, 0.2) is 30.9 Å². The third-order valence-corrected chi connectivity index (χ3v) is 1.87. The zero-order chi connectivity index (χ0) is 11.3. The van der Waals surface area contributed by atoms with E-state index in [1.165, 1.54) is 18.2 Å². The monoisotopic (exact) mass is 207 g/mol. The van der Waals surface area contributed by atoms with E-state index in [0.29, 0.717) is 12.1 Å². The predicted octanol–water partition coefficient (Wildman–Crippen LogP) is 1.06. The van der Waals surface area contributed by atoms with Gasteiger partial charge >= 0.3 is 0 Å². The van der Waals surface area contributed by atoms with Gasteiger partial charge in [-0.3, -0.25) is 4.79 Å². The number of carbonyl (C=O) groups excluding carboxylic acids is 1. The Bertz CT molecular complexity index is 374. The molecule has 80 valence electrons. The maximum atomic E-state index is 11.5. The first-order valence-electron chi connectivity index (χ1n) is 4.52.